The molecule has 152 valence electrons. The lowest BCUT2D eigenvalue weighted by molar-refractivity contribution is 0.198. The number of likely N-dealkylation sites (tertiary alicyclic amines) is 1. The zero-order valence-electron chi connectivity index (χ0n) is 15.6. The van der Waals surface area contributed by atoms with Crippen LogP contribution < -0.4 is 9.46 Å². The molecule has 2 N–H and O–H groups in total. The quantitative estimate of drug-likeness (QED) is 0.700. The molecular weight excluding hydrogens is 383 g/mol. The van der Waals surface area contributed by atoms with Crippen LogP contribution >= 0.6 is 0 Å². The number of piperidine rings is 1. The van der Waals surface area contributed by atoms with Crippen molar-refractivity contribution in [2.75, 3.05) is 26.3 Å². The van der Waals surface area contributed by atoms with Gasteiger partial charge in [0.05, 0.1) is 11.5 Å². The van der Waals surface area contributed by atoms with Crippen LogP contribution in [0.15, 0.2) is 53.4 Å². The van der Waals surface area contributed by atoms with Crippen molar-refractivity contribution in [3.63, 3.8) is 0 Å². The highest BCUT2D eigenvalue weighted by molar-refractivity contribution is 7.89. The lowest BCUT2D eigenvalue weighted by Gasteiger charge is -2.32. The van der Waals surface area contributed by atoms with E-state index >= 15 is 0 Å². The first kappa shape index (κ1) is 20.7. The van der Waals surface area contributed by atoms with Gasteiger partial charge in [0.2, 0.25) is 10.0 Å². The average molecular weight is 408 g/mol. The van der Waals surface area contributed by atoms with E-state index in [9.17, 15) is 12.8 Å². The molecule has 0 spiro atoms. The van der Waals surface area contributed by atoms with Gasteiger partial charge < -0.3 is 9.84 Å². The summed E-state index contributed by atoms with van der Waals surface area (Å²) >= 11 is 0. The Morgan fingerprint density at radius 3 is 2.50 bits per heavy atom. The maximum absolute atomic E-state index is 13.3. The van der Waals surface area contributed by atoms with Crippen molar-refractivity contribution in [2.24, 2.45) is 0 Å². The molecule has 0 atom stereocenters. The van der Waals surface area contributed by atoms with Crippen molar-refractivity contribution in [1.29, 1.82) is 0 Å². The van der Waals surface area contributed by atoms with Crippen molar-refractivity contribution >= 4 is 10.0 Å². The molecule has 1 fully saturated rings. The first-order valence-electron chi connectivity index (χ1n) is 9.29. The normalized spacial score (nSPS) is 16.2. The maximum atomic E-state index is 13.3. The molecule has 0 unspecified atom stereocenters. The number of sulfonamides is 1. The second kappa shape index (κ2) is 9.47. The van der Waals surface area contributed by atoms with E-state index in [2.05, 4.69) is 9.62 Å². The van der Waals surface area contributed by atoms with Crippen molar-refractivity contribution in [3.8, 4) is 5.75 Å². The first-order valence-corrected chi connectivity index (χ1v) is 10.8. The van der Waals surface area contributed by atoms with Gasteiger partial charge in [0.1, 0.15) is 18.2 Å². The standard InChI is InChI=1S/C20H25FN2O4S/c21-17-2-1-3-20(14-17)28(25,26)22-18-8-10-23(11-9-18)15-16-4-6-19(7-5-16)27-13-12-24/h1-7,14,18,22,24H,8-13,15H2. The van der Waals surface area contributed by atoms with Gasteiger partial charge in [0.25, 0.3) is 0 Å². The number of ether oxygens (including phenoxy) is 1. The third-order valence-electron chi connectivity index (χ3n) is 4.71. The Bertz CT molecular complexity index is 866. The van der Waals surface area contributed by atoms with Gasteiger partial charge in [0.15, 0.2) is 0 Å². The predicted molar refractivity (Wildman–Crippen MR) is 104 cm³/mol. The summed E-state index contributed by atoms with van der Waals surface area (Å²) in [6, 6.07) is 12.6. The van der Waals surface area contributed by atoms with Crippen LogP contribution in [0.2, 0.25) is 0 Å². The highest BCUT2D eigenvalue weighted by atomic mass is 32.2. The average Bonchev–Trinajstić information content (AvgIpc) is 2.69. The zero-order chi connectivity index (χ0) is 20.0. The molecule has 2 aromatic rings. The molecule has 0 aromatic heterocycles. The number of aliphatic hydroxyl groups excluding tert-OH is 1. The monoisotopic (exact) mass is 408 g/mol. The molecule has 0 amide bonds. The smallest absolute Gasteiger partial charge is 0.240 e. The number of aliphatic hydroxyl groups is 1. The minimum Gasteiger partial charge on any atom is -0.491 e. The van der Waals surface area contributed by atoms with E-state index in [4.69, 9.17) is 9.84 Å². The van der Waals surface area contributed by atoms with Crippen molar-refractivity contribution in [1.82, 2.24) is 9.62 Å². The molecule has 0 bridgehead atoms. The number of nitrogens with one attached hydrogen (secondary N) is 1. The SMILES string of the molecule is O=S(=O)(NC1CCN(Cc2ccc(OCCO)cc2)CC1)c1cccc(F)c1. The van der Waals surface area contributed by atoms with Crippen LogP contribution in [0.25, 0.3) is 0 Å². The van der Waals surface area contributed by atoms with Crippen LogP contribution in [0, 0.1) is 5.82 Å². The lowest BCUT2D eigenvalue weighted by Crippen LogP contribution is -2.44. The molecule has 1 heterocycles. The number of benzene rings is 2. The number of hydrogen-bond acceptors (Lipinski definition) is 5. The Morgan fingerprint density at radius 1 is 1.14 bits per heavy atom. The fourth-order valence-electron chi connectivity index (χ4n) is 3.24. The van der Waals surface area contributed by atoms with Gasteiger partial charge in [-0.3, -0.25) is 4.90 Å². The number of rotatable bonds is 8. The number of nitrogens with zero attached hydrogens (tertiary/aromatic N) is 1. The highest BCUT2D eigenvalue weighted by Gasteiger charge is 2.24. The largest absolute Gasteiger partial charge is 0.491 e. The molecule has 0 aliphatic carbocycles. The Morgan fingerprint density at radius 2 is 1.86 bits per heavy atom. The summed E-state index contributed by atoms with van der Waals surface area (Å²) in [5.41, 5.74) is 1.15. The van der Waals surface area contributed by atoms with Crippen LogP contribution in [0.3, 0.4) is 0 Å². The van der Waals surface area contributed by atoms with Crippen molar-refractivity contribution in [2.45, 2.75) is 30.3 Å². The minimum atomic E-state index is -3.71. The third-order valence-corrected chi connectivity index (χ3v) is 6.22. The molecule has 0 saturated carbocycles. The molecule has 2 aromatic carbocycles. The number of hydrogen-bond donors (Lipinski definition) is 2. The first-order chi connectivity index (χ1) is 13.5. The lowest BCUT2D eigenvalue weighted by atomic mass is 10.1. The molecule has 8 heteroatoms. The van der Waals surface area contributed by atoms with E-state index < -0.39 is 15.8 Å². The summed E-state index contributed by atoms with van der Waals surface area (Å²) in [7, 11) is -3.71. The molecule has 1 aliphatic rings. The van der Waals surface area contributed by atoms with Crippen LogP contribution in [0.1, 0.15) is 18.4 Å². The van der Waals surface area contributed by atoms with E-state index in [0.717, 1.165) is 37.0 Å². The molecule has 1 saturated heterocycles. The van der Waals surface area contributed by atoms with Crippen LogP contribution in [-0.4, -0.2) is 50.8 Å². The van der Waals surface area contributed by atoms with Gasteiger partial charge in [0, 0.05) is 25.7 Å². The second-order valence-corrected chi connectivity index (χ2v) is 8.56. The molecule has 1 aliphatic heterocycles. The van der Waals surface area contributed by atoms with Gasteiger partial charge in [-0.2, -0.15) is 0 Å². The molecule has 28 heavy (non-hydrogen) atoms. The van der Waals surface area contributed by atoms with Gasteiger partial charge in [-0.05, 0) is 48.7 Å². The van der Waals surface area contributed by atoms with E-state index in [-0.39, 0.29) is 24.2 Å². The Balaban J connectivity index is 1.49. The molecule has 0 radical (unpaired) electrons. The second-order valence-electron chi connectivity index (χ2n) is 6.85. The van der Waals surface area contributed by atoms with Crippen molar-refractivity contribution in [3.05, 3.63) is 59.9 Å². The fraction of sp³-hybridized carbons (Fsp3) is 0.400. The summed E-state index contributed by atoms with van der Waals surface area (Å²) in [6.07, 6.45) is 1.40. The predicted octanol–water partition coefficient (Wildman–Crippen LogP) is 2.14. The van der Waals surface area contributed by atoms with Crippen LogP contribution in [-0.2, 0) is 16.6 Å². The molecular formula is C20H25FN2O4S. The maximum Gasteiger partial charge on any atom is 0.240 e. The van der Waals surface area contributed by atoms with Crippen molar-refractivity contribution < 1.29 is 22.7 Å². The summed E-state index contributed by atoms with van der Waals surface area (Å²) in [6.45, 7) is 2.60. The van der Waals surface area contributed by atoms with E-state index in [1.54, 1.807) is 0 Å². The Labute approximate surface area is 165 Å². The van der Waals surface area contributed by atoms with E-state index in [0.29, 0.717) is 12.8 Å². The van der Waals surface area contributed by atoms with E-state index in [1.807, 2.05) is 24.3 Å². The Kier molecular flexibility index (Phi) is 7.01. The summed E-state index contributed by atoms with van der Waals surface area (Å²) < 4.78 is 46.2. The van der Waals surface area contributed by atoms with Gasteiger partial charge in [-0.1, -0.05) is 18.2 Å². The summed E-state index contributed by atoms with van der Waals surface area (Å²) in [5.74, 6) is 0.161. The third kappa shape index (κ3) is 5.75. The number of halogens is 1. The fourth-order valence-corrected chi connectivity index (χ4v) is 4.58. The molecule has 3 rings (SSSR count). The van der Waals surface area contributed by atoms with E-state index in [1.165, 1.54) is 18.2 Å². The highest BCUT2D eigenvalue weighted by Crippen LogP contribution is 2.19. The van der Waals surface area contributed by atoms with Gasteiger partial charge in [-0.25, -0.2) is 17.5 Å². The van der Waals surface area contributed by atoms with Gasteiger partial charge in [-0.15, -0.1) is 0 Å². The summed E-state index contributed by atoms with van der Waals surface area (Å²) in [4.78, 5) is 2.23. The molecule has 6 nitrogen and oxygen atoms in total. The summed E-state index contributed by atoms with van der Waals surface area (Å²) in [5, 5.41) is 8.78. The minimum absolute atomic E-state index is 0.0142. The topological polar surface area (TPSA) is 78.9 Å². The van der Waals surface area contributed by atoms with Crippen LogP contribution in [0.4, 0.5) is 4.39 Å². The zero-order valence-corrected chi connectivity index (χ0v) is 16.4. The van der Waals surface area contributed by atoms with Gasteiger partial charge >= 0.3 is 0 Å². The van der Waals surface area contributed by atoms with Crippen LogP contribution in [0.5, 0.6) is 5.75 Å². The Hall–Kier alpha value is -2.00.